The lowest BCUT2D eigenvalue weighted by molar-refractivity contribution is -0.181. The molecule has 0 aromatic heterocycles. The van der Waals surface area contributed by atoms with Crippen LogP contribution in [-0.2, 0) is 14.4 Å². The number of hydroxylamine groups is 2. The van der Waals surface area contributed by atoms with Gasteiger partial charge in [-0.3, -0.25) is 14.4 Å². The van der Waals surface area contributed by atoms with Crippen LogP contribution in [0.1, 0.15) is 25.7 Å². The van der Waals surface area contributed by atoms with Crippen LogP contribution in [0.5, 0.6) is 5.75 Å². The van der Waals surface area contributed by atoms with Crippen molar-refractivity contribution in [3.05, 3.63) is 24.3 Å². The highest BCUT2D eigenvalue weighted by atomic mass is 16.7. The van der Waals surface area contributed by atoms with Crippen LogP contribution in [0.15, 0.2) is 24.3 Å². The van der Waals surface area contributed by atoms with Crippen LogP contribution in [0.4, 0.5) is 5.69 Å². The topological polar surface area (TPSA) is 79.9 Å². The second kappa shape index (κ2) is 9.89. The molecule has 1 aliphatic heterocycles. The van der Waals surface area contributed by atoms with E-state index in [0.717, 1.165) is 26.0 Å². The number of para-hydroxylation sites is 2. The number of methoxy groups -OCH3 is 1. The van der Waals surface area contributed by atoms with Crippen molar-refractivity contribution in [3.63, 3.8) is 0 Å². The van der Waals surface area contributed by atoms with Gasteiger partial charge in [-0.2, -0.15) is 5.06 Å². The van der Waals surface area contributed by atoms with Crippen molar-refractivity contribution >= 4 is 17.5 Å². The fraction of sp³-hybridized carbons (Fsp3) is 0.529. The number of carbonyl (C=O) groups excluding carboxylic acids is 2. The SMILES string of the molecule is COc1ccccc1NC(=O)CCNC(=O)CCN1CCCCO1. The number of nitrogens with zero attached hydrogens (tertiary/aromatic N) is 1. The van der Waals surface area contributed by atoms with E-state index in [1.807, 2.05) is 17.2 Å². The van der Waals surface area contributed by atoms with Gasteiger partial charge in [0.1, 0.15) is 5.75 Å². The number of anilines is 1. The zero-order valence-corrected chi connectivity index (χ0v) is 14.0. The number of rotatable bonds is 8. The molecule has 24 heavy (non-hydrogen) atoms. The van der Waals surface area contributed by atoms with Crippen molar-refractivity contribution in [2.45, 2.75) is 25.7 Å². The van der Waals surface area contributed by atoms with Gasteiger partial charge in [0.25, 0.3) is 0 Å². The lowest BCUT2D eigenvalue weighted by Crippen LogP contribution is -2.35. The molecule has 1 saturated heterocycles. The molecule has 132 valence electrons. The summed E-state index contributed by atoms with van der Waals surface area (Å²) in [5.41, 5.74) is 0.624. The second-order valence-corrected chi connectivity index (χ2v) is 5.57. The first-order chi connectivity index (χ1) is 11.7. The Morgan fingerprint density at radius 3 is 2.79 bits per heavy atom. The molecule has 2 N–H and O–H groups in total. The molecule has 7 heteroatoms. The van der Waals surface area contributed by atoms with Gasteiger partial charge >= 0.3 is 0 Å². The molecule has 2 amide bonds. The molecule has 0 spiro atoms. The molecule has 1 aromatic rings. The zero-order chi connectivity index (χ0) is 17.2. The van der Waals surface area contributed by atoms with E-state index in [1.165, 1.54) is 0 Å². The Bertz CT molecular complexity index is 544. The summed E-state index contributed by atoms with van der Waals surface area (Å²) >= 11 is 0. The highest BCUT2D eigenvalue weighted by Crippen LogP contribution is 2.22. The van der Waals surface area contributed by atoms with E-state index < -0.39 is 0 Å². The molecule has 1 fully saturated rings. The van der Waals surface area contributed by atoms with Crippen LogP contribution in [0.2, 0.25) is 0 Å². The summed E-state index contributed by atoms with van der Waals surface area (Å²) in [5.74, 6) is 0.366. The Kier molecular flexibility index (Phi) is 7.51. The summed E-state index contributed by atoms with van der Waals surface area (Å²) in [6, 6.07) is 7.21. The van der Waals surface area contributed by atoms with E-state index in [1.54, 1.807) is 19.2 Å². The van der Waals surface area contributed by atoms with Crippen molar-refractivity contribution in [1.29, 1.82) is 0 Å². The molecule has 1 aromatic carbocycles. The molecule has 0 atom stereocenters. The number of hydrogen-bond donors (Lipinski definition) is 2. The summed E-state index contributed by atoms with van der Waals surface area (Å²) < 4.78 is 5.18. The van der Waals surface area contributed by atoms with E-state index in [9.17, 15) is 9.59 Å². The largest absolute Gasteiger partial charge is 0.495 e. The number of hydrogen-bond acceptors (Lipinski definition) is 5. The Morgan fingerprint density at radius 1 is 1.21 bits per heavy atom. The van der Waals surface area contributed by atoms with Crippen molar-refractivity contribution in [3.8, 4) is 5.75 Å². The van der Waals surface area contributed by atoms with E-state index in [2.05, 4.69) is 10.6 Å². The van der Waals surface area contributed by atoms with Gasteiger partial charge in [0.2, 0.25) is 11.8 Å². The van der Waals surface area contributed by atoms with Crippen LogP contribution < -0.4 is 15.4 Å². The lowest BCUT2D eigenvalue weighted by Gasteiger charge is -2.25. The molecule has 0 bridgehead atoms. The molecule has 0 aliphatic carbocycles. The highest BCUT2D eigenvalue weighted by Gasteiger charge is 2.13. The third-order valence-electron chi connectivity index (χ3n) is 3.72. The summed E-state index contributed by atoms with van der Waals surface area (Å²) in [6.07, 6.45) is 2.76. The molecule has 1 heterocycles. The Hall–Kier alpha value is -2.12. The summed E-state index contributed by atoms with van der Waals surface area (Å²) in [7, 11) is 1.55. The van der Waals surface area contributed by atoms with Crippen molar-refractivity contribution in [1.82, 2.24) is 10.4 Å². The van der Waals surface area contributed by atoms with Crippen LogP contribution in [0, 0.1) is 0 Å². The van der Waals surface area contributed by atoms with Crippen LogP contribution in [-0.4, -0.2) is 50.2 Å². The summed E-state index contributed by atoms with van der Waals surface area (Å²) in [6.45, 7) is 2.49. The van der Waals surface area contributed by atoms with Crippen molar-refractivity contribution in [2.75, 3.05) is 38.7 Å². The third kappa shape index (κ3) is 6.17. The Morgan fingerprint density at radius 2 is 2.04 bits per heavy atom. The minimum Gasteiger partial charge on any atom is -0.495 e. The molecular weight excluding hydrogens is 310 g/mol. The lowest BCUT2D eigenvalue weighted by atomic mass is 10.2. The molecule has 0 radical (unpaired) electrons. The first-order valence-corrected chi connectivity index (χ1v) is 8.26. The minimum absolute atomic E-state index is 0.0748. The van der Waals surface area contributed by atoms with Crippen LogP contribution in [0.3, 0.4) is 0 Å². The van der Waals surface area contributed by atoms with Gasteiger partial charge in [0, 0.05) is 32.5 Å². The first-order valence-electron chi connectivity index (χ1n) is 8.26. The maximum Gasteiger partial charge on any atom is 0.226 e. The maximum absolute atomic E-state index is 11.9. The summed E-state index contributed by atoms with van der Waals surface area (Å²) in [4.78, 5) is 29.1. The van der Waals surface area contributed by atoms with E-state index in [4.69, 9.17) is 9.57 Å². The van der Waals surface area contributed by atoms with E-state index in [-0.39, 0.29) is 18.2 Å². The molecule has 0 unspecified atom stereocenters. The number of nitrogens with one attached hydrogen (secondary N) is 2. The van der Waals surface area contributed by atoms with E-state index >= 15 is 0 Å². The first kappa shape index (κ1) is 18.2. The van der Waals surface area contributed by atoms with Gasteiger partial charge in [-0.25, -0.2) is 0 Å². The normalized spacial score (nSPS) is 14.9. The fourth-order valence-corrected chi connectivity index (χ4v) is 2.42. The molecule has 1 aliphatic rings. The van der Waals surface area contributed by atoms with Gasteiger partial charge in [-0.05, 0) is 25.0 Å². The average molecular weight is 335 g/mol. The van der Waals surface area contributed by atoms with Crippen LogP contribution in [0.25, 0.3) is 0 Å². The van der Waals surface area contributed by atoms with Gasteiger partial charge in [0.15, 0.2) is 0 Å². The Labute approximate surface area is 142 Å². The van der Waals surface area contributed by atoms with E-state index in [0.29, 0.717) is 30.9 Å². The molecular formula is C17H25N3O4. The van der Waals surface area contributed by atoms with Crippen molar-refractivity contribution in [2.24, 2.45) is 0 Å². The van der Waals surface area contributed by atoms with Crippen molar-refractivity contribution < 1.29 is 19.2 Å². The number of amides is 2. The quantitative estimate of drug-likeness (QED) is 0.754. The van der Waals surface area contributed by atoms with Gasteiger partial charge in [-0.1, -0.05) is 12.1 Å². The van der Waals surface area contributed by atoms with Gasteiger partial charge in [-0.15, -0.1) is 0 Å². The fourth-order valence-electron chi connectivity index (χ4n) is 2.42. The third-order valence-corrected chi connectivity index (χ3v) is 3.72. The molecule has 2 rings (SSSR count). The molecule has 0 saturated carbocycles. The minimum atomic E-state index is -0.167. The highest BCUT2D eigenvalue weighted by molar-refractivity contribution is 5.92. The van der Waals surface area contributed by atoms with Gasteiger partial charge < -0.3 is 15.4 Å². The zero-order valence-electron chi connectivity index (χ0n) is 14.0. The predicted molar refractivity (Wildman–Crippen MR) is 90.6 cm³/mol. The monoisotopic (exact) mass is 335 g/mol. The average Bonchev–Trinajstić information content (AvgIpc) is 2.61. The number of carbonyl (C=O) groups is 2. The summed E-state index contributed by atoms with van der Waals surface area (Å²) in [5, 5.41) is 7.36. The van der Waals surface area contributed by atoms with Crippen LogP contribution >= 0.6 is 0 Å². The smallest absolute Gasteiger partial charge is 0.226 e. The Balaban J connectivity index is 1.62. The van der Waals surface area contributed by atoms with Gasteiger partial charge in [0.05, 0.1) is 19.4 Å². The second-order valence-electron chi connectivity index (χ2n) is 5.57. The molecule has 7 nitrogen and oxygen atoms in total. The number of benzene rings is 1. The standard InChI is InChI=1S/C17H25N3O4/c1-23-15-7-3-2-6-14(15)19-17(22)8-10-18-16(21)9-12-20-11-4-5-13-24-20/h2-3,6-7H,4-5,8-13H2,1H3,(H,18,21)(H,19,22). The number of ether oxygens (including phenoxy) is 1. The predicted octanol–water partition coefficient (Wildman–Crippen LogP) is 1.56. The maximum atomic E-state index is 11.9.